The van der Waals surface area contributed by atoms with Crippen LogP contribution in [-0.4, -0.2) is 38.4 Å². The monoisotopic (exact) mass is 456 g/mol. The van der Waals surface area contributed by atoms with Gasteiger partial charge in [0.15, 0.2) is 13.2 Å². The van der Waals surface area contributed by atoms with Crippen LogP contribution in [0.2, 0.25) is 0 Å². The van der Waals surface area contributed by atoms with E-state index in [1.165, 1.54) is 0 Å². The molecular weight excluding hydrogens is 420 g/mol. The van der Waals surface area contributed by atoms with E-state index in [0.717, 1.165) is 36.8 Å². The Hall–Kier alpha value is -3.02. The molecule has 0 unspecified atom stereocenters. The van der Waals surface area contributed by atoms with Gasteiger partial charge in [-0.2, -0.15) is 0 Å². The highest BCUT2D eigenvalue weighted by Gasteiger charge is 2.23. The van der Waals surface area contributed by atoms with E-state index < -0.39 is 0 Å². The maximum Gasteiger partial charge on any atom is 0.344 e. The van der Waals surface area contributed by atoms with Crippen LogP contribution in [0.25, 0.3) is 0 Å². The van der Waals surface area contributed by atoms with Crippen LogP contribution >= 0.6 is 0 Å². The fourth-order valence-corrected chi connectivity index (χ4v) is 3.13. The number of ether oxygens (including phenoxy) is 4. The molecule has 0 saturated carbocycles. The van der Waals surface area contributed by atoms with Crippen LogP contribution in [0.5, 0.6) is 11.5 Å². The molecule has 33 heavy (non-hydrogen) atoms. The summed E-state index contributed by atoms with van der Waals surface area (Å²) in [5.41, 5.74) is 1.96. The van der Waals surface area contributed by atoms with Gasteiger partial charge in [0.05, 0.1) is 13.2 Å². The summed E-state index contributed by atoms with van der Waals surface area (Å²) in [5.74, 6) is 0.530. The van der Waals surface area contributed by atoms with Crippen molar-refractivity contribution in [2.75, 3.05) is 26.4 Å². The Morgan fingerprint density at radius 2 is 1.03 bits per heavy atom. The third-order valence-corrected chi connectivity index (χ3v) is 5.39. The first-order valence-corrected chi connectivity index (χ1v) is 11.6. The fraction of sp³-hybridized carbons (Fsp3) is 0.481. The van der Waals surface area contributed by atoms with E-state index in [9.17, 15) is 9.59 Å². The van der Waals surface area contributed by atoms with Gasteiger partial charge < -0.3 is 18.9 Å². The Balaban J connectivity index is 1.89. The van der Waals surface area contributed by atoms with Crippen molar-refractivity contribution in [3.8, 4) is 11.5 Å². The number of carbonyl (C=O) groups is 2. The number of unbranched alkanes of at least 4 members (excludes halogenated alkanes) is 2. The Kier molecular flexibility index (Phi) is 10.7. The van der Waals surface area contributed by atoms with Crippen molar-refractivity contribution in [2.45, 2.75) is 58.8 Å². The molecule has 0 aliphatic carbocycles. The number of benzene rings is 2. The zero-order chi connectivity index (χ0) is 24.1. The lowest BCUT2D eigenvalue weighted by atomic mass is 9.78. The standard InChI is InChI=1S/C27H36O6/c1-5-7-17-30-25(28)19-32-23-13-9-21(10-14-23)27(3,4)22-11-15-24(16-12-22)33-20-26(29)31-18-8-6-2/h9-16H,5-8,17-20H2,1-4H3. The van der Waals surface area contributed by atoms with Gasteiger partial charge in [0, 0.05) is 5.41 Å². The van der Waals surface area contributed by atoms with Gasteiger partial charge in [-0.1, -0.05) is 64.8 Å². The molecule has 0 bridgehead atoms. The van der Waals surface area contributed by atoms with Crippen molar-refractivity contribution in [3.63, 3.8) is 0 Å². The van der Waals surface area contributed by atoms with E-state index in [2.05, 4.69) is 13.8 Å². The number of hydrogen-bond acceptors (Lipinski definition) is 6. The lowest BCUT2D eigenvalue weighted by Gasteiger charge is -2.26. The molecule has 2 rings (SSSR count). The molecule has 0 amide bonds. The van der Waals surface area contributed by atoms with Gasteiger partial charge in [-0.25, -0.2) is 9.59 Å². The molecule has 0 fully saturated rings. The lowest BCUT2D eigenvalue weighted by Crippen LogP contribution is -2.19. The van der Waals surface area contributed by atoms with E-state index in [4.69, 9.17) is 18.9 Å². The first-order valence-electron chi connectivity index (χ1n) is 11.6. The van der Waals surface area contributed by atoms with Crippen LogP contribution in [0.4, 0.5) is 0 Å². The summed E-state index contributed by atoms with van der Waals surface area (Å²) in [4.78, 5) is 23.4. The summed E-state index contributed by atoms with van der Waals surface area (Å²) in [6.45, 7) is 9.02. The molecule has 0 aromatic heterocycles. The van der Waals surface area contributed by atoms with Crippen molar-refractivity contribution in [1.82, 2.24) is 0 Å². The molecular formula is C27H36O6. The largest absolute Gasteiger partial charge is 0.482 e. The van der Waals surface area contributed by atoms with Gasteiger partial charge in [0.2, 0.25) is 0 Å². The maximum absolute atomic E-state index is 11.7. The predicted octanol–water partition coefficient (Wildman–Crippen LogP) is 5.46. The van der Waals surface area contributed by atoms with E-state index in [0.29, 0.717) is 24.7 Å². The summed E-state index contributed by atoms with van der Waals surface area (Å²) in [6.07, 6.45) is 3.67. The molecule has 0 radical (unpaired) electrons. The SMILES string of the molecule is CCCCOC(=O)COc1ccc(C(C)(C)c2ccc(OCC(=O)OCCCC)cc2)cc1. The van der Waals surface area contributed by atoms with E-state index in [1.807, 2.05) is 62.4 Å². The number of esters is 2. The Labute approximate surface area is 197 Å². The van der Waals surface area contributed by atoms with E-state index in [-0.39, 0.29) is 30.6 Å². The number of hydrogen-bond donors (Lipinski definition) is 0. The molecule has 0 N–H and O–H groups in total. The topological polar surface area (TPSA) is 71.1 Å². The molecule has 2 aromatic rings. The molecule has 0 spiro atoms. The summed E-state index contributed by atoms with van der Waals surface area (Å²) in [6, 6.07) is 15.4. The normalized spacial score (nSPS) is 11.0. The highest BCUT2D eigenvalue weighted by Crippen LogP contribution is 2.33. The van der Waals surface area contributed by atoms with Gasteiger partial charge >= 0.3 is 11.9 Å². The highest BCUT2D eigenvalue weighted by atomic mass is 16.6. The van der Waals surface area contributed by atoms with Crippen LogP contribution < -0.4 is 9.47 Å². The van der Waals surface area contributed by atoms with Gasteiger partial charge in [-0.15, -0.1) is 0 Å². The van der Waals surface area contributed by atoms with Gasteiger partial charge in [0.25, 0.3) is 0 Å². The maximum atomic E-state index is 11.7. The fourth-order valence-electron chi connectivity index (χ4n) is 3.13. The second kappa shape index (κ2) is 13.5. The minimum atomic E-state index is -0.357. The molecule has 0 heterocycles. The van der Waals surface area contributed by atoms with Crippen LogP contribution in [-0.2, 0) is 24.5 Å². The summed E-state index contributed by atoms with van der Waals surface area (Å²) < 4.78 is 21.3. The third kappa shape index (κ3) is 8.79. The smallest absolute Gasteiger partial charge is 0.344 e. The molecule has 6 heteroatoms. The third-order valence-electron chi connectivity index (χ3n) is 5.39. The van der Waals surface area contributed by atoms with Crippen molar-refractivity contribution in [2.24, 2.45) is 0 Å². The minimum Gasteiger partial charge on any atom is -0.482 e. The Morgan fingerprint density at radius 3 is 1.36 bits per heavy atom. The molecule has 0 saturated heterocycles. The highest BCUT2D eigenvalue weighted by molar-refractivity contribution is 5.71. The van der Waals surface area contributed by atoms with Crippen LogP contribution in [0.15, 0.2) is 48.5 Å². The van der Waals surface area contributed by atoms with E-state index >= 15 is 0 Å². The molecule has 0 atom stereocenters. The summed E-state index contributed by atoms with van der Waals surface area (Å²) in [7, 11) is 0. The van der Waals surface area contributed by atoms with Crippen LogP contribution in [0, 0.1) is 0 Å². The van der Waals surface area contributed by atoms with Gasteiger partial charge in [-0.05, 0) is 48.2 Å². The quantitative estimate of drug-likeness (QED) is 0.278. The number of carbonyl (C=O) groups excluding carboxylic acids is 2. The first-order chi connectivity index (χ1) is 15.9. The van der Waals surface area contributed by atoms with E-state index in [1.54, 1.807) is 0 Å². The number of rotatable bonds is 14. The van der Waals surface area contributed by atoms with Crippen LogP contribution in [0.1, 0.15) is 64.5 Å². The zero-order valence-electron chi connectivity index (χ0n) is 20.2. The van der Waals surface area contributed by atoms with Gasteiger partial charge in [-0.3, -0.25) is 0 Å². The first kappa shape index (κ1) is 26.2. The zero-order valence-corrected chi connectivity index (χ0v) is 20.2. The van der Waals surface area contributed by atoms with Gasteiger partial charge in [0.1, 0.15) is 11.5 Å². The van der Waals surface area contributed by atoms with Crippen molar-refractivity contribution >= 4 is 11.9 Å². The lowest BCUT2D eigenvalue weighted by molar-refractivity contribution is -0.146. The average Bonchev–Trinajstić information content (AvgIpc) is 2.82. The predicted molar refractivity (Wildman–Crippen MR) is 128 cm³/mol. The second-order valence-corrected chi connectivity index (χ2v) is 8.40. The minimum absolute atomic E-state index is 0.0972. The molecule has 0 aliphatic heterocycles. The molecule has 0 aliphatic rings. The molecule has 6 nitrogen and oxygen atoms in total. The Bertz CT molecular complexity index is 784. The molecule has 180 valence electrons. The van der Waals surface area contributed by atoms with Crippen molar-refractivity contribution in [1.29, 1.82) is 0 Å². The van der Waals surface area contributed by atoms with Crippen molar-refractivity contribution < 1.29 is 28.5 Å². The molecule has 2 aromatic carbocycles. The van der Waals surface area contributed by atoms with Crippen LogP contribution in [0.3, 0.4) is 0 Å². The summed E-state index contributed by atoms with van der Waals surface area (Å²) in [5, 5.41) is 0. The second-order valence-electron chi connectivity index (χ2n) is 8.40. The summed E-state index contributed by atoms with van der Waals surface area (Å²) >= 11 is 0. The average molecular weight is 457 g/mol. The van der Waals surface area contributed by atoms with Crippen molar-refractivity contribution in [3.05, 3.63) is 59.7 Å². The Morgan fingerprint density at radius 1 is 0.667 bits per heavy atom.